The standard InChI is InChI=1S/C20H23N3O3S/c1-2-22(14-17-5-4-12-27-17)19(25)13-21-20(26)15-7-9-16(10-8-15)23-11-3-6-18(23)24/h4-5,7-10,12H,2-3,6,11,13-14H2,1H3,(H,21,26). The highest BCUT2D eigenvalue weighted by Gasteiger charge is 2.22. The Bertz CT molecular complexity index is 802. The summed E-state index contributed by atoms with van der Waals surface area (Å²) >= 11 is 1.61. The van der Waals surface area contributed by atoms with Gasteiger partial charge < -0.3 is 15.1 Å². The van der Waals surface area contributed by atoms with Crippen LogP contribution in [-0.4, -0.2) is 42.3 Å². The molecule has 3 amide bonds. The molecule has 1 N–H and O–H groups in total. The summed E-state index contributed by atoms with van der Waals surface area (Å²) in [6.45, 7) is 3.75. The summed E-state index contributed by atoms with van der Waals surface area (Å²) in [5.41, 5.74) is 1.28. The number of nitrogens with one attached hydrogen (secondary N) is 1. The maximum absolute atomic E-state index is 12.4. The lowest BCUT2D eigenvalue weighted by atomic mass is 10.2. The third kappa shape index (κ3) is 4.74. The van der Waals surface area contributed by atoms with E-state index in [2.05, 4.69) is 5.32 Å². The number of carbonyl (C=O) groups is 3. The van der Waals surface area contributed by atoms with Gasteiger partial charge in [0.15, 0.2) is 0 Å². The number of thiophene rings is 1. The van der Waals surface area contributed by atoms with E-state index in [1.165, 1.54) is 0 Å². The minimum atomic E-state index is -0.296. The van der Waals surface area contributed by atoms with Crippen LogP contribution in [0.4, 0.5) is 5.69 Å². The molecule has 6 nitrogen and oxygen atoms in total. The highest BCUT2D eigenvalue weighted by molar-refractivity contribution is 7.09. The van der Waals surface area contributed by atoms with Gasteiger partial charge in [0.05, 0.1) is 13.1 Å². The Balaban J connectivity index is 1.53. The number of hydrogen-bond donors (Lipinski definition) is 1. The third-order valence-electron chi connectivity index (χ3n) is 4.58. The van der Waals surface area contributed by atoms with Crippen molar-refractivity contribution in [3.8, 4) is 0 Å². The Morgan fingerprint density at radius 2 is 2.00 bits per heavy atom. The molecular formula is C20H23N3O3S. The third-order valence-corrected chi connectivity index (χ3v) is 5.44. The Kier molecular flexibility index (Phi) is 6.24. The first kappa shape index (κ1) is 19.1. The Hall–Kier alpha value is -2.67. The van der Waals surface area contributed by atoms with Crippen molar-refractivity contribution in [3.05, 3.63) is 52.2 Å². The predicted molar refractivity (Wildman–Crippen MR) is 106 cm³/mol. The molecule has 1 aliphatic heterocycles. The van der Waals surface area contributed by atoms with Gasteiger partial charge in [0, 0.05) is 35.6 Å². The summed E-state index contributed by atoms with van der Waals surface area (Å²) in [6, 6.07) is 10.9. The molecule has 2 aromatic rings. The van der Waals surface area contributed by atoms with Crippen molar-refractivity contribution in [3.63, 3.8) is 0 Å². The topological polar surface area (TPSA) is 69.7 Å². The Morgan fingerprint density at radius 1 is 1.22 bits per heavy atom. The smallest absolute Gasteiger partial charge is 0.251 e. The molecule has 2 heterocycles. The quantitative estimate of drug-likeness (QED) is 0.797. The lowest BCUT2D eigenvalue weighted by Crippen LogP contribution is -2.39. The second-order valence-electron chi connectivity index (χ2n) is 6.37. The molecule has 142 valence electrons. The SMILES string of the molecule is CCN(Cc1cccs1)C(=O)CNC(=O)c1ccc(N2CCCC2=O)cc1. The highest BCUT2D eigenvalue weighted by atomic mass is 32.1. The fourth-order valence-electron chi connectivity index (χ4n) is 3.05. The van der Waals surface area contributed by atoms with Gasteiger partial charge in [-0.25, -0.2) is 0 Å². The molecule has 0 aliphatic carbocycles. The number of benzene rings is 1. The molecule has 0 unspecified atom stereocenters. The van der Waals surface area contributed by atoms with Crippen LogP contribution in [0.5, 0.6) is 0 Å². The van der Waals surface area contributed by atoms with E-state index in [1.807, 2.05) is 24.4 Å². The first-order chi connectivity index (χ1) is 13.1. The zero-order valence-corrected chi connectivity index (χ0v) is 16.1. The van der Waals surface area contributed by atoms with Gasteiger partial charge in [0.2, 0.25) is 11.8 Å². The van der Waals surface area contributed by atoms with Gasteiger partial charge in [-0.15, -0.1) is 11.3 Å². The van der Waals surface area contributed by atoms with Gasteiger partial charge in [-0.05, 0) is 49.1 Å². The number of nitrogens with zero attached hydrogens (tertiary/aromatic N) is 2. The maximum atomic E-state index is 12.4. The number of amides is 3. The van der Waals surface area contributed by atoms with Crippen molar-refractivity contribution >= 4 is 34.7 Å². The second-order valence-corrected chi connectivity index (χ2v) is 7.40. The van der Waals surface area contributed by atoms with E-state index >= 15 is 0 Å². The van der Waals surface area contributed by atoms with Gasteiger partial charge in [-0.3, -0.25) is 14.4 Å². The van der Waals surface area contributed by atoms with Crippen molar-refractivity contribution in [2.75, 3.05) is 24.5 Å². The van der Waals surface area contributed by atoms with Crippen LogP contribution in [0.1, 0.15) is 35.0 Å². The van der Waals surface area contributed by atoms with Crippen molar-refractivity contribution in [1.82, 2.24) is 10.2 Å². The van der Waals surface area contributed by atoms with Crippen LogP contribution in [0.25, 0.3) is 0 Å². The molecule has 0 atom stereocenters. The molecule has 1 saturated heterocycles. The van der Waals surface area contributed by atoms with Gasteiger partial charge in [0.1, 0.15) is 0 Å². The van der Waals surface area contributed by atoms with Crippen LogP contribution in [0.2, 0.25) is 0 Å². The van der Waals surface area contributed by atoms with Gasteiger partial charge in [-0.1, -0.05) is 6.07 Å². The van der Waals surface area contributed by atoms with E-state index in [0.717, 1.165) is 23.5 Å². The average molecular weight is 385 g/mol. The van der Waals surface area contributed by atoms with Crippen LogP contribution in [-0.2, 0) is 16.1 Å². The summed E-state index contributed by atoms with van der Waals surface area (Å²) in [6.07, 6.45) is 1.44. The predicted octanol–water partition coefficient (Wildman–Crippen LogP) is 2.65. The summed E-state index contributed by atoms with van der Waals surface area (Å²) in [5.74, 6) is -0.295. The fourth-order valence-corrected chi connectivity index (χ4v) is 3.77. The zero-order valence-electron chi connectivity index (χ0n) is 15.3. The summed E-state index contributed by atoms with van der Waals surface area (Å²) in [4.78, 5) is 41.0. The first-order valence-electron chi connectivity index (χ1n) is 9.07. The second kappa shape index (κ2) is 8.81. The van der Waals surface area contributed by atoms with E-state index in [1.54, 1.807) is 45.4 Å². The molecule has 7 heteroatoms. The average Bonchev–Trinajstić information content (AvgIpc) is 3.35. The molecule has 0 saturated carbocycles. The molecule has 1 aliphatic rings. The Morgan fingerprint density at radius 3 is 2.59 bits per heavy atom. The van der Waals surface area contributed by atoms with E-state index < -0.39 is 0 Å². The van der Waals surface area contributed by atoms with Crippen molar-refractivity contribution in [1.29, 1.82) is 0 Å². The van der Waals surface area contributed by atoms with Crippen molar-refractivity contribution in [2.24, 2.45) is 0 Å². The molecule has 1 aromatic heterocycles. The molecule has 0 spiro atoms. The van der Waals surface area contributed by atoms with Gasteiger partial charge in [-0.2, -0.15) is 0 Å². The monoisotopic (exact) mass is 385 g/mol. The Labute approximate surface area is 162 Å². The minimum Gasteiger partial charge on any atom is -0.343 e. The van der Waals surface area contributed by atoms with Crippen LogP contribution >= 0.6 is 11.3 Å². The summed E-state index contributed by atoms with van der Waals surface area (Å²) in [7, 11) is 0. The summed E-state index contributed by atoms with van der Waals surface area (Å²) < 4.78 is 0. The molecule has 0 bridgehead atoms. The number of rotatable bonds is 7. The number of carbonyl (C=O) groups excluding carboxylic acids is 3. The minimum absolute atomic E-state index is 0.0373. The van der Waals surface area contributed by atoms with Crippen LogP contribution in [0.15, 0.2) is 41.8 Å². The summed E-state index contributed by atoms with van der Waals surface area (Å²) in [5, 5.41) is 4.66. The first-order valence-corrected chi connectivity index (χ1v) is 9.95. The zero-order chi connectivity index (χ0) is 19.2. The van der Waals surface area contributed by atoms with Crippen molar-refractivity contribution in [2.45, 2.75) is 26.3 Å². The number of hydrogen-bond acceptors (Lipinski definition) is 4. The molecular weight excluding hydrogens is 362 g/mol. The van der Waals surface area contributed by atoms with Crippen LogP contribution < -0.4 is 10.2 Å². The van der Waals surface area contributed by atoms with Crippen LogP contribution in [0, 0.1) is 0 Å². The van der Waals surface area contributed by atoms with Crippen LogP contribution in [0.3, 0.4) is 0 Å². The molecule has 1 fully saturated rings. The maximum Gasteiger partial charge on any atom is 0.251 e. The van der Waals surface area contributed by atoms with E-state index in [4.69, 9.17) is 0 Å². The molecule has 27 heavy (non-hydrogen) atoms. The molecule has 0 radical (unpaired) electrons. The lowest BCUT2D eigenvalue weighted by molar-refractivity contribution is -0.130. The van der Waals surface area contributed by atoms with Gasteiger partial charge >= 0.3 is 0 Å². The largest absolute Gasteiger partial charge is 0.343 e. The van der Waals surface area contributed by atoms with Crippen molar-refractivity contribution < 1.29 is 14.4 Å². The molecule has 1 aromatic carbocycles. The van der Waals surface area contributed by atoms with E-state index in [9.17, 15) is 14.4 Å². The highest BCUT2D eigenvalue weighted by Crippen LogP contribution is 2.21. The van der Waals surface area contributed by atoms with E-state index in [-0.39, 0.29) is 24.3 Å². The van der Waals surface area contributed by atoms with E-state index in [0.29, 0.717) is 25.1 Å². The lowest BCUT2D eigenvalue weighted by Gasteiger charge is -2.20. The molecule has 3 rings (SSSR count). The van der Waals surface area contributed by atoms with Gasteiger partial charge in [0.25, 0.3) is 5.91 Å². The number of likely N-dealkylation sites (N-methyl/N-ethyl adjacent to an activating group) is 1. The number of anilines is 1. The normalized spacial score (nSPS) is 13.7. The fraction of sp³-hybridized carbons (Fsp3) is 0.350.